The number of hydrogen-bond acceptors (Lipinski definition) is 5. The summed E-state index contributed by atoms with van der Waals surface area (Å²) in [5.41, 5.74) is 5.88. The van der Waals surface area contributed by atoms with Gasteiger partial charge in [0.1, 0.15) is 0 Å². The Hall–Kier alpha value is -1.19. The minimum absolute atomic E-state index is 0.0794. The molecule has 0 spiro atoms. The van der Waals surface area contributed by atoms with Crippen molar-refractivity contribution >= 4 is 11.7 Å². The molecule has 4 N–H and O–H groups in total. The van der Waals surface area contributed by atoms with Crippen LogP contribution in [-0.2, 0) is 9.59 Å². The van der Waals surface area contributed by atoms with E-state index in [1.807, 2.05) is 13.8 Å². The van der Waals surface area contributed by atoms with Crippen LogP contribution in [0.2, 0.25) is 0 Å². The highest BCUT2D eigenvalue weighted by Crippen LogP contribution is 2.26. The lowest BCUT2D eigenvalue weighted by molar-refractivity contribution is -0.215. The van der Waals surface area contributed by atoms with E-state index in [0.717, 1.165) is 0 Å². The van der Waals surface area contributed by atoms with Crippen molar-refractivity contribution in [1.82, 2.24) is 10.2 Å². The highest BCUT2D eigenvalue weighted by molar-refractivity contribution is 5.92. The van der Waals surface area contributed by atoms with E-state index in [-0.39, 0.29) is 24.2 Å². The summed E-state index contributed by atoms with van der Waals surface area (Å²) in [4.78, 5) is 26.3. The number of hydrogen-bond donors (Lipinski definition) is 3. The summed E-state index contributed by atoms with van der Waals surface area (Å²) in [5.74, 6) is -1.29. The Bertz CT molecular complexity index is 497. The number of likely N-dealkylation sites (tertiary alicyclic amines) is 1. The summed E-state index contributed by atoms with van der Waals surface area (Å²) in [6.07, 6.45) is -6.23. The molecule has 152 valence electrons. The maximum atomic E-state index is 12.8. The molecule has 4 atom stereocenters. The largest absolute Gasteiger partial charge is 0.415 e. The Morgan fingerprint density at radius 1 is 1.23 bits per heavy atom. The second kappa shape index (κ2) is 9.14. The zero-order chi connectivity index (χ0) is 20.2. The van der Waals surface area contributed by atoms with E-state index in [4.69, 9.17) is 5.73 Å². The summed E-state index contributed by atoms with van der Waals surface area (Å²) < 4.78 is 38.3. The maximum absolute atomic E-state index is 12.8. The van der Waals surface area contributed by atoms with Crippen molar-refractivity contribution in [2.45, 2.75) is 70.9 Å². The molecular formula is C17H30F3N3O3. The molecule has 26 heavy (non-hydrogen) atoms. The van der Waals surface area contributed by atoms with Gasteiger partial charge < -0.3 is 21.1 Å². The average Bonchev–Trinajstić information content (AvgIpc) is 3.01. The molecule has 1 aliphatic rings. The van der Waals surface area contributed by atoms with Gasteiger partial charge in [-0.05, 0) is 24.7 Å². The fraction of sp³-hybridized carbons (Fsp3) is 0.882. The Morgan fingerprint density at radius 2 is 1.81 bits per heavy atom. The van der Waals surface area contributed by atoms with Crippen molar-refractivity contribution in [3.63, 3.8) is 0 Å². The number of rotatable bonds is 8. The lowest BCUT2D eigenvalue weighted by Gasteiger charge is -2.31. The fourth-order valence-corrected chi connectivity index (χ4v) is 3.09. The maximum Gasteiger partial charge on any atom is 0.415 e. The van der Waals surface area contributed by atoms with Gasteiger partial charge in [0.2, 0.25) is 5.91 Å². The molecule has 0 aliphatic carbocycles. The van der Waals surface area contributed by atoms with Gasteiger partial charge >= 0.3 is 6.18 Å². The van der Waals surface area contributed by atoms with Gasteiger partial charge in [0.05, 0.1) is 18.6 Å². The number of aliphatic hydroxyl groups is 1. The monoisotopic (exact) mass is 381 g/mol. The van der Waals surface area contributed by atoms with E-state index < -0.39 is 36.3 Å². The van der Waals surface area contributed by atoms with E-state index in [1.54, 1.807) is 0 Å². The molecule has 0 aromatic rings. The summed E-state index contributed by atoms with van der Waals surface area (Å²) in [7, 11) is 0. The number of carbonyl (C=O) groups is 2. The van der Waals surface area contributed by atoms with Crippen molar-refractivity contribution in [3.05, 3.63) is 0 Å². The molecule has 1 fully saturated rings. The quantitative estimate of drug-likeness (QED) is 0.585. The standard InChI is InChI=1S/C17H30F3N3O3/c1-9(2)13(21)16(26)23-7-5-6-11(23)12(24)8-22-14(10(3)4)15(25)17(18,19)20/h9-11,13-15,22,25H,5-8,21H2,1-4H3. The minimum Gasteiger partial charge on any atom is -0.382 e. The van der Waals surface area contributed by atoms with Crippen LogP contribution in [0.5, 0.6) is 0 Å². The molecule has 9 heteroatoms. The van der Waals surface area contributed by atoms with Gasteiger partial charge in [-0.3, -0.25) is 9.59 Å². The molecule has 0 aromatic heterocycles. The van der Waals surface area contributed by atoms with Crippen molar-refractivity contribution < 1.29 is 27.9 Å². The molecule has 0 bridgehead atoms. The minimum atomic E-state index is -4.77. The van der Waals surface area contributed by atoms with Crippen LogP contribution in [0.4, 0.5) is 13.2 Å². The predicted molar refractivity (Wildman–Crippen MR) is 91.2 cm³/mol. The molecule has 1 heterocycles. The molecule has 1 rings (SSSR count). The number of amides is 1. The third-order valence-corrected chi connectivity index (χ3v) is 4.82. The molecule has 4 unspecified atom stereocenters. The van der Waals surface area contributed by atoms with Crippen LogP contribution >= 0.6 is 0 Å². The van der Waals surface area contributed by atoms with E-state index >= 15 is 0 Å². The summed E-state index contributed by atoms with van der Waals surface area (Å²) >= 11 is 0. The summed E-state index contributed by atoms with van der Waals surface area (Å²) in [6, 6.07) is -2.70. The van der Waals surface area contributed by atoms with Crippen molar-refractivity contribution in [2.24, 2.45) is 17.6 Å². The van der Waals surface area contributed by atoms with E-state index in [1.165, 1.54) is 18.7 Å². The van der Waals surface area contributed by atoms with Crippen LogP contribution in [0.15, 0.2) is 0 Å². The Morgan fingerprint density at radius 3 is 2.27 bits per heavy atom. The van der Waals surface area contributed by atoms with Crippen molar-refractivity contribution in [2.75, 3.05) is 13.1 Å². The number of Topliss-reactive ketones (excluding diaryl/α,β-unsaturated/α-hetero) is 1. The lowest BCUT2D eigenvalue weighted by atomic mass is 9.97. The van der Waals surface area contributed by atoms with Gasteiger partial charge in [0, 0.05) is 12.6 Å². The second-order valence-corrected chi connectivity index (χ2v) is 7.56. The average molecular weight is 381 g/mol. The number of carbonyl (C=O) groups excluding carboxylic acids is 2. The highest BCUT2D eigenvalue weighted by Gasteiger charge is 2.45. The molecule has 6 nitrogen and oxygen atoms in total. The van der Waals surface area contributed by atoms with Crippen LogP contribution in [-0.4, -0.2) is 65.2 Å². The van der Waals surface area contributed by atoms with Gasteiger partial charge in [-0.25, -0.2) is 0 Å². The van der Waals surface area contributed by atoms with E-state index in [2.05, 4.69) is 5.32 Å². The number of aliphatic hydroxyl groups excluding tert-OH is 1. The third-order valence-electron chi connectivity index (χ3n) is 4.82. The van der Waals surface area contributed by atoms with Gasteiger partial charge in [0.25, 0.3) is 0 Å². The number of ketones is 1. The smallest absolute Gasteiger partial charge is 0.382 e. The molecule has 0 aromatic carbocycles. The number of halogens is 3. The number of nitrogens with one attached hydrogen (secondary N) is 1. The first-order valence-corrected chi connectivity index (χ1v) is 8.94. The topological polar surface area (TPSA) is 95.7 Å². The fourth-order valence-electron chi connectivity index (χ4n) is 3.09. The van der Waals surface area contributed by atoms with Gasteiger partial charge in [-0.15, -0.1) is 0 Å². The number of nitrogens with zero attached hydrogens (tertiary/aromatic N) is 1. The van der Waals surface area contributed by atoms with Gasteiger partial charge in [-0.1, -0.05) is 27.7 Å². The highest BCUT2D eigenvalue weighted by atomic mass is 19.4. The van der Waals surface area contributed by atoms with Gasteiger partial charge in [-0.2, -0.15) is 13.2 Å². The zero-order valence-corrected chi connectivity index (χ0v) is 15.7. The van der Waals surface area contributed by atoms with Crippen LogP contribution in [0.1, 0.15) is 40.5 Å². The number of nitrogens with two attached hydrogens (primary N) is 1. The first kappa shape index (κ1) is 22.9. The molecule has 1 aliphatic heterocycles. The van der Waals surface area contributed by atoms with Crippen LogP contribution in [0.3, 0.4) is 0 Å². The second-order valence-electron chi connectivity index (χ2n) is 7.56. The van der Waals surface area contributed by atoms with Gasteiger partial charge in [0.15, 0.2) is 11.9 Å². The van der Waals surface area contributed by atoms with Crippen molar-refractivity contribution in [3.8, 4) is 0 Å². The summed E-state index contributed by atoms with van der Waals surface area (Å²) in [5, 5.41) is 12.0. The molecule has 0 saturated carbocycles. The lowest BCUT2D eigenvalue weighted by Crippen LogP contribution is -2.55. The SMILES string of the molecule is CC(C)C(N)C(=O)N1CCCC1C(=O)CNC(C(C)C)C(O)C(F)(F)F. The van der Waals surface area contributed by atoms with Crippen LogP contribution in [0.25, 0.3) is 0 Å². The zero-order valence-electron chi connectivity index (χ0n) is 15.7. The first-order valence-electron chi connectivity index (χ1n) is 8.94. The Balaban J connectivity index is 2.75. The molecule has 1 saturated heterocycles. The normalized spacial score (nSPS) is 22.0. The first-order chi connectivity index (χ1) is 11.9. The predicted octanol–water partition coefficient (Wildman–Crippen LogP) is 1.07. The van der Waals surface area contributed by atoms with Crippen LogP contribution in [0, 0.1) is 11.8 Å². The van der Waals surface area contributed by atoms with E-state index in [0.29, 0.717) is 19.4 Å². The Labute approximate surface area is 152 Å². The summed E-state index contributed by atoms with van der Waals surface area (Å²) in [6.45, 7) is 6.75. The van der Waals surface area contributed by atoms with Crippen LogP contribution < -0.4 is 11.1 Å². The van der Waals surface area contributed by atoms with Crippen molar-refractivity contribution in [1.29, 1.82) is 0 Å². The molecule has 0 radical (unpaired) electrons. The molecular weight excluding hydrogens is 351 g/mol. The molecule has 1 amide bonds. The number of alkyl halides is 3. The third kappa shape index (κ3) is 5.65. The van der Waals surface area contributed by atoms with E-state index in [9.17, 15) is 27.9 Å². The Kier molecular flexibility index (Phi) is 8.04.